The van der Waals surface area contributed by atoms with Crippen molar-refractivity contribution in [1.29, 1.82) is 0 Å². The van der Waals surface area contributed by atoms with Gasteiger partial charge in [0.2, 0.25) is 5.69 Å². The van der Waals surface area contributed by atoms with Crippen LogP contribution in [0.2, 0.25) is 0 Å². The molecule has 0 bridgehead atoms. The molecule has 0 radical (unpaired) electrons. The number of hydrogen-bond donors (Lipinski definition) is 0. The Bertz CT molecular complexity index is 833. The molecule has 2 aromatic carbocycles. The molecule has 0 fully saturated rings. The number of pyridine rings is 1. The summed E-state index contributed by atoms with van der Waals surface area (Å²) in [6.45, 7) is 0. The van der Waals surface area contributed by atoms with Crippen molar-refractivity contribution >= 4 is 27.6 Å². The normalized spacial score (nSPS) is 13.9. The average Bonchev–Trinajstić information content (AvgIpc) is 2.47. The zero-order valence-corrected chi connectivity index (χ0v) is 10.5. The fraction of sp³-hybridized carbons (Fsp3) is 0.118. The maximum absolute atomic E-state index is 12.1. The molecule has 0 N–H and O–H groups in total. The van der Waals surface area contributed by atoms with E-state index in [9.17, 15) is 5.21 Å². The van der Waals surface area contributed by atoms with Crippen molar-refractivity contribution in [2.75, 3.05) is 0 Å². The molecule has 1 aliphatic carbocycles. The van der Waals surface area contributed by atoms with Gasteiger partial charge >= 0.3 is 0 Å². The topological polar surface area (TPSA) is 26.9 Å². The Morgan fingerprint density at radius 3 is 2.79 bits per heavy atom. The minimum Gasteiger partial charge on any atom is -0.618 e. The highest BCUT2D eigenvalue weighted by molar-refractivity contribution is 6.09. The van der Waals surface area contributed by atoms with E-state index in [1.54, 1.807) is 6.20 Å². The number of aromatic nitrogens is 1. The fourth-order valence-electron chi connectivity index (χ4n) is 3.04. The second-order valence-electron chi connectivity index (χ2n) is 5.01. The summed E-state index contributed by atoms with van der Waals surface area (Å²) in [5, 5.41) is 16.8. The van der Waals surface area contributed by atoms with Crippen molar-refractivity contribution in [2.24, 2.45) is 0 Å². The van der Waals surface area contributed by atoms with E-state index in [4.69, 9.17) is 0 Å². The Kier molecular flexibility index (Phi) is 2.12. The quantitative estimate of drug-likeness (QED) is 0.339. The maximum atomic E-state index is 12.1. The maximum Gasteiger partial charge on any atom is 0.220 e. The number of fused-ring (bicyclic) bond motifs is 5. The number of benzene rings is 2. The molecule has 0 spiro atoms. The fourth-order valence-corrected chi connectivity index (χ4v) is 3.04. The highest BCUT2D eigenvalue weighted by Gasteiger charge is 2.18. The number of nitrogens with zero attached hydrogens (tertiary/aromatic N) is 1. The summed E-state index contributed by atoms with van der Waals surface area (Å²) in [5.74, 6) is 0. The van der Waals surface area contributed by atoms with Gasteiger partial charge in [0, 0.05) is 22.4 Å². The molecule has 0 aliphatic heterocycles. The molecule has 0 unspecified atom stereocenters. The average molecular weight is 247 g/mol. The minimum atomic E-state index is 0.801. The first-order valence-electron chi connectivity index (χ1n) is 6.57. The molecule has 0 amide bonds. The molecule has 0 saturated carbocycles. The van der Waals surface area contributed by atoms with Crippen molar-refractivity contribution in [1.82, 2.24) is 0 Å². The molecule has 2 heteroatoms. The molecule has 1 heterocycles. The zero-order valence-electron chi connectivity index (χ0n) is 10.5. The molecule has 3 aromatic rings. The Labute approximate surface area is 111 Å². The SMILES string of the molecule is [O-][n+]1cc2ccc3ccccc3c2c2c1C=CCC2. The van der Waals surface area contributed by atoms with Gasteiger partial charge in [-0.1, -0.05) is 36.4 Å². The van der Waals surface area contributed by atoms with Crippen molar-refractivity contribution < 1.29 is 4.73 Å². The van der Waals surface area contributed by atoms with E-state index in [1.165, 1.54) is 21.7 Å². The predicted molar refractivity (Wildman–Crippen MR) is 77.8 cm³/mol. The van der Waals surface area contributed by atoms with E-state index in [1.807, 2.05) is 12.1 Å². The van der Waals surface area contributed by atoms with E-state index in [0.717, 1.165) is 28.7 Å². The van der Waals surface area contributed by atoms with Crippen LogP contribution in [0.4, 0.5) is 0 Å². The van der Waals surface area contributed by atoms with Crippen molar-refractivity contribution in [3.8, 4) is 0 Å². The van der Waals surface area contributed by atoms with Gasteiger partial charge in [-0.25, -0.2) is 0 Å². The molecule has 0 saturated heterocycles. The second kappa shape index (κ2) is 3.82. The Hall–Kier alpha value is -2.35. The first-order chi connectivity index (χ1) is 9.34. The van der Waals surface area contributed by atoms with Crippen LogP contribution in [0.5, 0.6) is 0 Å². The predicted octanol–water partition coefficient (Wildman–Crippen LogP) is 3.59. The van der Waals surface area contributed by atoms with Crippen LogP contribution >= 0.6 is 0 Å². The van der Waals surface area contributed by atoms with Crippen molar-refractivity contribution in [2.45, 2.75) is 12.8 Å². The van der Waals surface area contributed by atoms with Gasteiger partial charge in [0.1, 0.15) is 0 Å². The van der Waals surface area contributed by atoms with Crippen LogP contribution in [0.3, 0.4) is 0 Å². The lowest BCUT2D eigenvalue weighted by Gasteiger charge is -2.15. The number of allylic oxidation sites excluding steroid dienone is 1. The number of hydrogen-bond acceptors (Lipinski definition) is 1. The van der Waals surface area contributed by atoms with Gasteiger partial charge in [-0.05, 0) is 29.7 Å². The van der Waals surface area contributed by atoms with Crippen molar-refractivity contribution in [3.63, 3.8) is 0 Å². The number of rotatable bonds is 0. The van der Waals surface area contributed by atoms with Gasteiger partial charge in [-0.3, -0.25) is 0 Å². The molecule has 0 atom stereocenters. The third-order valence-electron chi connectivity index (χ3n) is 3.90. The van der Waals surface area contributed by atoms with E-state index in [0.29, 0.717) is 0 Å². The van der Waals surface area contributed by atoms with Crippen LogP contribution in [0.1, 0.15) is 17.7 Å². The molecule has 1 aliphatic rings. The van der Waals surface area contributed by atoms with Gasteiger partial charge in [0.15, 0.2) is 6.20 Å². The lowest BCUT2D eigenvalue weighted by molar-refractivity contribution is -0.606. The summed E-state index contributed by atoms with van der Waals surface area (Å²) in [7, 11) is 0. The molecule has 1 aromatic heterocycles. The lowest BCUT2D eigenvalue weighted by Crippen LogP contribution is -2.31. The molecule has 92 valence electrons. The summed E-state index contributed by atoms with van der Waals surface area (Å²) < 4.78 is 1.00. The zero-order chi connectivity index (χ0) is 12.8. The van der Waals surface area contributed by atoms with Crippen LogP contribution in [-0.2, 0) is 6.42 Å². The van der Waals surface area contributed by atoms with Crippen molar-refractivity contribution in [3.05, 3.63) is 65.1 Å². The van der Waals surface area contributed by atoms with Gasteiger partial charge in [-0.2, -0.15) is 4.73 Å². The standard InChI is InChI=1S/C17H13NO/c19-18-11-13-10-9-12-5-1-2-6-14(12)17(13)15-7-3-4-8-16(15)18/h1-2,4-6,8-11H,3,7H2. The van der Waals surface area contributed by atoms with Gasteiger partial charge in [0.25, 0.3) is 0 Å². The summed E-state index contributed by atoms with van der Waals surface area (Å²) in [6, 6.07) is 12.5. The highest BCUT2D eigenvalue weighted by Crippen LogP contribution is 2.31. The summed E-state index contributed by atoms with van der Waals surface area (Å²) in [5.41, 5.74) is 1.99. The molecular formula is C17H13NO. The largest absolute Gasteiger partial charge is 0.618 e. The van der Waals surface area contributed by atoms with Gasteiger partial charge in [-0.15, -0.1) is 0 Å². The summed E-state index contributed by atoms with van der Waals surface area (Å²) >= 11 is 0. The molecule has 19 heavy (non-hydrogen) atoms. The molecular weight excluding hydrogens is 234 g/mol. The summed E-state index contributed by atoms with van der Waals surface area (Å²) in [4.78, 5) is 0. The van der Waals surface area contributed by atoms with Crippen LogP contribution < -0.4 is 4.73 Å². The smallest absolute Gasteiger partial charge is 0.220 e. The third kappa shape index (κ3) is 1.46. The first kappa shape index (κ1) is 10.6. The van der Waals surface area contributed by atoms with E-state index >= 15 is 0 Å². The van der Waals surface area contributed by atoms with Crippen LogP contribution in [0, 0.1) is 5.21 Å². The monoisotopic (exact) mass is 247 g/mol. The highest BCUT2D eigenvalue weighted by atomic mass is 16.5. The lowest BCUT2D eigenvalue weighted by atomic mass is 9.93. The van der Waals surface area contributed by atoms with Gasteiger partial charge < -0.3 is 5.21 Å². The minimum absolute atomic E-state index is 0.801. The summed E-state index contributed by atoms with van der Waals surface area (Å²) in [6.07, 6.45) is 7.67. The van der Waals surface area contributed by atoms with Crippen LogP contribution in [0.25, 0.3) is 27.6 Å². The third-order valence-corrected chi connectivity index (χ3v) is 3.90. The molecule has 2 nitrogen and oxygen atoms in total. The second-order valence-corrected chi connectivity index (χ2v) is 5.01. The Morgan fingerprint density at radius 1 is 1.00 bits per heavy atom. The van der Waals surface area contributed by atoms with E-state index < -0.39 is 0 Å². The van der Waals surface area contributed by atoms with Gasteiger partial charge in [0.05, 0.1) is 0 Å². The first-order valence-corrected chi connectivity index (χ1v) is 6.57. The van der Waals surface area contributed by atoms with Crippen LogP contribution in [0.15, 0.2) is 48.7 Å². The molecule has 4 rings (SSSR count). The van der Waals surface area contributed by atoms with E-state index in [-0.39, 0.29) is 0 Å². The van der Waals surface area contributed by atoms with Crippen LogP contribution in [-0.4, -0.2) is 0 Å². The Balaban J connectivity index is 2.27. The van der Waals surface area contributed by atoms with E-state index in [2.05, 4.69) is 36.4 Å². The Morgan fingerprint density at radius 2 is 1.84 bits per heavy atom. The number of aryl methyl sites for hydroxylation is 1.